The van der Waals surface area contributed by atoms with Gasteiger partial charge in [0.25, 0.3) is 0 Å². The summed E-state index contributed by atoms with van der Waals surface area (Å²) in [6.45, 7) is 2.93. The van der Waals surface area contributed by atoms with E-state index in [1.165, 1.54) is 0 Å². The van der Waals surface area contributed by atoms with Gasteiger partial charge in [0.1, 0.15) is 5.69 Å². The van der Waals surface area contributed by atoms with Gasteiger partial charge in [-0.3, -0.25) is 0 Å². The fraction of sp³-hybridized carbons (Fsp3) is 0.600. The third kappa shape index (κ3) is 4.03. The van der Waals surface area contributed by atoms with Gasteiger partial charge < -0.3 is 4.90 Å². The monoisotopic (exact) mass is 267 g/mol. The highest BCUT2D eigenvalue weighted by atomic mass is 35.5. The molecule has 0 aromatic carbocycles. The van der Waals surface area contributed by atoms with Crippen LogP contribution in [0.25, 0.3) is 0 Å². The summed E-state index contributed by atoms with van der Waals surface area (Å²) in [7, 11) is 0. The van der Waals surface area contributed by atoms with Crippen molar-refractivity contribution in [2.24, 2.45) is 0 Å². The van der Waals surface area contributed by atoms with Crippen LogP contribution in [0.3, 0.4) is 0 Å². The first-order valence-corrected chi connectivity index (χ1v) is 5.73. The zero-order valence-corrected chi connectivity index (χ0v) is 10.1. The molecule has 96 valence electrons. The summed E-state index contributed by atoms with van der Waals surface area (Å²) in [6, 6.07) is 0.855. The lowest BCUT2D eigenvalue weighted by molar-refractivity contribution is -0.141. The quantitative estimate of drug-likeness (QED) is 0.768. The van der Waals surface area contributed by atoms with Crippen molar-refractivity contribution in [3.63, 3.8) is 0 Å². The second-order valence-corrected chi connectivity index (χ2v) is 3.79. The number of nitrogens with zero attached hydrogens (tertiary/aromatic N) is 3. The van der Waals surface area contributed by atoms with E-state index in [-0.39, 0.29) is 5.95 Å². The molecule has 0 saturated carbocycles. The van der Waals surface area contributed by atoms with Crippen LogP contribution in [0.4, 0.5) is 19.1 Å². The molecule has 0 atom stereocenters. The van der Waals surface area contributed by atoms with E-state index in [0.717, 1.165) is 18.7 Å². The zero-order chi connectivity index (χ0) is 12.9. The smallest absolute Gasteiger partial charge is 0.340 e. The van der Waals surface area contributed by atoms with E-state index >= 15 is 0 Å². The molecule has 0 unspecified atom stereocenters. The Bertz CT molecular complexity index is 351. The second kappa shape index (κ2) is 6.05. The van der Waals surface area contributed by atoms with Crippen molar-refractivity contribution in [3.05, 3.63) is 18.0 Å². The van der Waals surface area contributed by atoms with Gasteiger partial charge in [0, 0.05) is 25.2 Å². The lowest BCUT2D eigenvalue weighted by atomic mass is 10.4. The molecule has 3 nitrogen and oxygen atoms in total. The molecule has 0 aliphatic rings. The van der Waals surface area contributed by atoms with Gasteiger partial charge in [-0.1, -0.05) is 6.92 Å². The molecule has 1 rings (SSSR count). The highest BCUT2D eigenvalue weighted by Gasteiger charge is 2.33. The molecule has 17 heavy (non-hydrogen) atoms. The fourth-order valence-electron chi connectivity index (χ4n) is 1.34. The van der Waals surface area contributed by atoms with Crippen LogP contribution in [0.5, 0.6) is 0 Å². The normalized spacial score (nSPS) is 11.6. The number of halogens is 4. The summed E-state index contributed by atoms with van der Waals surface area (Å²) < 4.78 is 37.4. The number of hydrogen-bond acceptors (Lipinski definition) is 3. The van der Waals surface area contributed by atoms with Crippen LogP contribution < -0.4 is 4.90 Å². The second-order valence-electron chi connectivity index (χ2n) is 3.42. The Labute approximate surface area is 103 Å². The van der Waals surface area contributed by atoms with E-state index in [9.17, 15) is 13.2 Å². The maximum Gasteiger partial charge on any atom is 0.433 e. The molecule has 1 aromatic rings. The van der Waals surface area contributed by atoms with Crippen LogP contribution in [0.1, 0.15) is 19.0 Å². The highest BCUT2D eigenvalue weighted by Crippen LogP contribution is 2.28. The molecule has 0 N–H and O–H groups in total. The third-order valence-electron chi connectivity index (χ3n) is 2.06. The Morgan fingerprint density at radius 3 is 2.59 bits per heavy atom. The van der Waals surface area contributed by atoms with Crippen LogP contribution in [0.2, 0.25) is 0 Å². The van der Waals surface area contributed by atoms with E-state index in [1.807, 2.05) is 6.92 Å². The Morgan fingerprint density at radius 1 is 1.35 bits per heavy atom. The summed E-state index contributed by atoms with van der Waals surface area (Å²) in [5, 5.41) is 0. The number of rotatable bonds is 5. The van der Waals surface area contributed by atoms with Crippen molar-refractivity contribution in [2.75, 3.05) is 23.9 Å². The largest absolute Gasteiger partial charge is 0.433 e. The van der Waals surface area contributed by atoms with Crippen molar-refractivity contribution in [3.8, 4) is 0 Å². The SMILES string of the molecule is CCCN(CCCl)c1nccc(C(F)(F)F)n1. The molecular weight excluding hydrogens is 255 g/mol. The van der Waals surface area contributed by atoms with Crippen LogP contribution in [-0.4, -0.2) is 28.9 Å². The summed E-state index contributed by atoms with van der Waals surface area (Å²) in [6.07, 6.45) is -2.55. The minimum atomic E-state index is -4.45. The van der Waals surface area contributed by atoms with E-state index in [1.54, 1.807) is 4.90 Å². The predicted molar refractivity (Wildman–Crippen MR) is 60.3 cm³/mol. The molecule has 0 amide bonds. The first-order valence-electron chi connectivity index (χ1n) is 5.20. The summed E-state index contributed by atoms with van der Waals surface area (Å²) >= 11 is 5.59. The molecular formula is C10H13ClF3N3. The van der Waals surface area contributed by atoms with Crippen molar-refractivity contribution >= 4 is 17.5 Å². The van der Waals surface area contributed by atoms with Gasteiger partial charge in [-0.25, -0.2) is 9.97 Å². The molecule has 0 saturated heterocycles. The average Bonchev–Trinajstić information content (AvgIpc) is 2.28. The van der Waals surface area contributed by atoms with Crippen LogP contribution >= 0.6 is 11.6 Å². The topological polar surface area (TPSA) is 29.0 Å². The molecule has 1 aromatic heterocycles. The van der Waals surface area contributed by atoms with E-state index in [4.69, 9.17) is 11.6 Å². The van der Waals surface area contributed by atoms with E-state index in [2.05, 4.69) is 9.97 Å². The average molecular weight is 268 g/mol. The molecule has 0 aliphatic carbocycles. The molecule has 1 heterocycles. The van der Waals surface area contributed by atoms with Crippen molar-refractivity contribution in [2.45, 2.75) is 19.5 Å². The van der Waals surface area contributed by atoms with Crippen LogP contribution in [0.15, 0.2) is 12.3 Å². The fourth-order valence-corrected chi connectivity index (χ4v) is 1.55. The zero-order valence-electron chi connectivity index (χ0n) is 9.34. The summed E-state index contributed by atoms with van der Waals surface area (Å²) in [5.41, 5.74) is -0.932. The Morgan fingerprint density at radius 2 is 2.06 bits per heavy atom. The molecule has 0 fully saturated rings. The highest BCUT2D eigenvalue weighted by molar-refractivity contribution is 6.18. The molecule has 0 radical (unpaired) electrons. The standard InChI is InChI=1S/C10H13ClF3N3/c1-2-6-17(7-4-11)9-15-5-3-8(16-9)10(12,13)14/h3,5H,2,4,6-7H2,1H3. The first-order chi connectivity index (χ1) is 7.99. The Kier molecular flexibility index (Phi) is 4.99. The first kappa shape index (κ1) is 14.0. The van der Waals surface area contributed by atoms with Gasteiger partial charge in [0.2, 0.25) is 5.95 Å². The van der Waals surface area contributed by atoms with E-state index in [0.29, 0.717) is 19.0 Å². The van der Waals surface area contributed by atoms with Crippen molar-refractivity contribution < 1.29 is 13.2 Å². The number of aromatic nitrogens is 2. The van der Waals surface area contributed by atoms with Gasteiger partial charge >= 0.3 is 6.18 Å². The number of alkyl halides is 4. The van der Waals surface area contributed by atoms with Gasteiger partial charge in [-0.05, 0) is 12.5 Å². The van der Waals surface area contributed by atoms with Crippen LogP contribution in [0, 0.1) is 0 Å². The van der Waals surface area contributed by atoms with E-state index < -0.39 is 11.9 Å². The molecule has 0 bridgehead atoms. The van der Waals surface area contributed by atoms with Gasteiger partial charge in [0.05, 0.1) is 0 Å². The maximum atomic E-state index is 12.5. The Balaban J connectivity index is 2.95. The molecule has 0 spiro atoms. The molecule has 7 heteroatoms. The lowest BCUT2D eigenvalue weighted by Gasteiger charge is -2.21. The van der Waals surface area contributed by atoms with Gasteiger partial charge in [-0.15, -0.1) is 11.6 Å². The number of anilines is 1. The predicted octanol–water partition coefficient (Wildman–Crippen LogP) is 2.95. The molecule has 0 aliphatic heterocycles. The van der Waals surface area contributed by atoms with Gasteiger partial charge in [0.15, 0.2) is 0 Å². The number of hydrogen-bond donors (Lipinski definition) is 0. The minimum Gasteiger partial charge on any atom is -0.340 e. The Hall–Kier alpha value is -1.04. The third-order valence-corrected chi connectivity index (χ3v) is 2.23. The van der Waals surface area contributed by atoms with Gasteiger partial charge in [-0.2, -0.15) is 13.2 Å². The minimum absolute atomic E-state index is 0.0716. The summed E-state index contributed by atoms with van der Waals surface area (Å²) in [4.78, 5) is 9.00. The maximum absolute atomic E-state index is 12.5. The summed E-state index contributed by atoms with van der Waals surface area (Å²) in [5.74, 6) is 0.391. The van der Waals surface area contributed by atoms with Crippen molar-refractivity contribution in [1.29, 1.82) is 0 Å². The van der Waals surface area contributed by atoms with Crippen LogP contribution in [-0.2, 0) is 6.18 Å². The van der Waals surface area contributed by atoms with Crippen molar-refractivity contribution in [1.82, 2.24) is 9.97 Å². The lowest BCUT2D eigenvalue weighted by Crippen LogP contribution is -2.28.